The molecule has 0 saturated carbocycles. The zero-order valence-electron chi connectivity index (χ0n) is 17.8. The Bertz CT molecular complexity index is 1410. The number of methoxy groups -OCH3 is 1. The van der Waals surface area contributed by atoms with Gasteiger partial charge in [-0.2, -0.15) is 4.31 Å². The van der Waals surface area contributed by atoms with Gasteiger partial charge in [0.25, 0.3) is 0 Å². The maximum atomic E-state index is 13.8. The van der Waals surface area contributed by atoms with Gasteiger partial charge in [-0.3, -0.25) is 0 Å². The number of rotatable bonds is 4. The molecule has 0 saturated heterocycles. The fourth-order valence-electron chi connectivity index (χ4n) is 4.50. The molecule has 0 bridgehead atoms. The van der Waals surface area contributed by atoms with Crippen molar-refractivity contribution < 1.29 is 13.2 Å². The van der Waals surface area contributed by atoms with E-state index < -0.39 is 16.1 Å². The second-order valence-electron chi connectivity index (χ2n) is 8.04. The average molecular weight is 467 g/mol. The van der Waals surface area contributed by atoms with Crippen molar-refractivity contribution in [2.24, 2.45) is 0 Å². The second-order valence-corrected chi connectivity index (χ2v) is 10.3. The molecule has 1 aliphatic rings. The van der Waals surface area contributed by atoms with Crippen LogP contribution in [-0.4, -0.2) is 31.4 Å². The molecule has 5 rings (SSSR count). The van der Waals surface area contributed by atoms with Crippen LogP contribution >= 0.6 is 11.6 Å². The molecule has 4 aromatic rings. The average Bonchev–Trinajstić information content (AvgIpc) is 3.18. The fraction of sp³-hybridized carbons (Fsp3) is 0.200. The Balaban J connectivity index is 1.68. The standard InChI is InChI=1S/C25H23ClN2O3S/c1-16-7-9-17(10-8-16)25-24-20(19-5-3-4-6-22(19)27-24)13-14-28(25)32(29,30)18-11-12-23(31-2)21(26)15-18/h3-12,15,25,27H,13-14H2,1-2H3/t25-/m1/s1. The van der Waals surface area contributed by atoms with E-state index in [-0.39, 0.29) is 9.92 Å². The highest BCUT2D eigenvalue weighted by molar-refractivity contribution is 7.89. The van der Waals surface area contributed by atoms with E-state index in [9.17, 15) is 8.42 Å². The molecular weight excluding hydrogens is 444 g/mol. The quantitative estimate of drug-likeness (QED) is 0.433. The lowest BCUT2D eigenvalue weighted by Crippen LogP contribution is -2.40. The highest BCUT2D eigenvalue weighted by atomic mass is 35.5. The molecular formula is C25H23ClN2O3S. The smallest absolute Gasteiger partial charge is 0.244 e. The zero-order chi connectivity index (χ0) is 22.5. The lowest BCUT2D eigenvalue weighted by Gasteiger charge is -2.35. The van der Waals surface area contributed by atoms with Crippen molar-refractivity contribution in [3.05, 3.63) is 94.1 Å². The summed E-state index contributed by atoms with van der Waals surface area (Å²) in [6.07, 6.45) is 0.630. The molecule has 3 aromatic carbocycles. The predicted molar refractivity (Wildman–Crippen MR) is 127 cm³/mol. The number of aromatic amines is 1. The third-order valence-corrected chi connectivity index (χ3v) is 8.27. The number of halogens is 1. The number of hydrogen-bond acceptors (Lipinski definition) is 3. The van der Waals surface area contributed by atoms with Gasteiger partial charge in [0.1, 0.15) is 5.75 Å². The fourth-order valence-corrected chi connectivity index (χ4v) is 6.44. The number of nitrogens with zero attached hydrogens (tertiary/aromatic N) is 1. The summed E-state index contributed by atoms with van der Waals surface area (Å²) in [4.78, 5) is 3.66. The van der Waals surface area contributed by atoms with Gasteiger partial charge in [-0.15, -0.1) is 0 Å². The summed E-state index contributed by atoms with van der Waals surface area (Å²) in [7, 11) is -2.32. The van der Waals surface area contributed by atoms with E-state index in [1.807, 2.05) is 49.4 Å². The van der Waals surface area contributed by atoms with Crippen LogP contribution in [0.5, 0.6) is 5.75 Å². The van der Waals surface area contributed by atoms with E-state index in [1.54, 1.807) is 16.4 Å². The molecule has 0 fully saturated rings. The molecule has 0 radical (unpaired) electrons. The van der Waals surface area contributed by atoms with Crippen molar-refractivity contribution in [1.82, 2.24) is 9.29 Å². The van der Waals surface area contributed by atoms with Gasteiger partial charge >= 0.3 is 0 Å². The number of ether oxygens (including phenoxy) is 1. The lowest BCUT2D eigenvalue weighted by molar-refractivity contribution is 0.340. The Morgan fingerprint density at radius 2 is 1.81 bits per heavy atom. The minimum Gasteiger partial charge on any atom is -0.495 e. The predicted octanol–water partition coefficient (Wildman–Crippen LogP) is 5.47. The van der Waals surface area contributed by atoms with Gasteiger partial charge in [-0.1, -0.05) is 59.6 Å². The third kappa shape index (κ3) is 3.39. The van der Waals surface area contributed by atoms with Crippen LogP contribution in [0.1, 0.15) is 28.4 Å². The number of benzene rings is 3. The summed E-state index contributed by atoms with van der Waals surface area (Å²) in [6, 6.07) is 20.3. The third-order valence-electron chi connectivity index (χ3n) is 6.11. The topological polar surface area (TPSA) is 62.4 Å². The largest absolute Gasteiger partial charge is 0.495 e. The summed E-state index contributed by atoms with van der Waals surface area (Å²) in [5.74, 6) is 0.442. The van der Waals surface area contributed by atoms with E-state index in [0.717, 1.165) is 27.7 Å². The summed E-state index contributed by atoms with van der Waals surface area (Å²) in [6.45, 7) is 2.40. The molecule has 32 heavy (non-hydrogen) atoms. The van der Waals surface area contributed by atoms with Crippen LogP contribution in [-0.2, 0) is 16.4 Å². The van der Waals surface area contributed by atoms with Crippen molar-refractivity contribution in [2.75, 3.05) is 13.7 Å². The van der Waals surface area contributed by atoms with Gasteiger partial charge in [0, 0.05) is 23.1 Å². The van der Waals surface area contributed by atoms with E-state index in [0.29, 0.717) is 18.7 Å². The normalized spacial score (nSPS) is 16.8. The molecule has 7 heteroatoms. The number of aryl methyl sites for hydroxylation is 1. The van der Waals surface area contributed by atoms with Gasteiger partial charge in [0.15, 0.2) is 0 Å². The minimum absolute atomic E-state index is 0.153. The molecule has 1 aromatic heterocycles. The summed E-state index contributed by atoms with van der Waals surface area (Å²) in [5.41, 5.74) is 5.15. The summed E-state index contributed by atoms with van der Waals surface area (Å²) >= 11 is 6.27. The molecule has 0 unspecified atom stereocenters. The first kappa shape index (κ1) is 21.1. The number of hydrogen-bond donors (Lipinski definition) is 1. The molecule has 1 aliphatic heterocycles. The Hall–Kier alpha value is -2.80. The Kier molecular flexibility index (Phi) is 5.24. The number of H-pyrrole nitrogens is 1. The Morgan fingerprint density at radius 1 is 1.06 bits per heavy atom. The van der Waals surface area contributed by atoms with Crippen molar-refractivity contribution in [3.8, 4) is 5.75 Å². The zero-order valence-corrected chi connectivity index (χ0v) is 19.4. The molecule has 1 atom stereocenters. The van der Waals surface area contributed by atoms with Gasteiger partial charge in [-0.25, -0.2) is 8.42 Å². The number of para-hydroxylation sites is 1. The molecule has 5 nitrogen and oxygen atoms in total. The van der Waals surface area contributed by atoms with E-state index >= 15 is 0 Å². The van der Waals surface area contributed by atoms with Crippen molar-refractivity contribution >= 4 is 32.5 Å². The van der Waals surface area contributed by atoms with E-state index in [4.69, 9.17) is 16.3 Å². The van der Waals surface area contributed by atoms with Gasteiger partial charge in [-0.05, 0) is 48.7 Å². The van der Waals surface area contributed by atoms with Crippen molar-refractivity contribution in [1.29, 1.82) is 0 Å². The van der Waals surface area contributed by atoms with Crippen LogP contribution in [0.25, 0.3) is 10.9 Å². The van der Waals surface area contributed by atoms with Crippen LogP contribution in [0.4, 0.5) is 0 Å². The number of nitrogens with one attached hydrogen (secondary N) is 1. The number of aromatic nitrogens is 1. The van der Waals surface area contributed by atoms with Gasteiger partial charge in [0.2, 0.25) is 10.0 Å². The summed E-state index contributed by atoms with van der Waals surface area (Å²) < 4.78 is 34.4. The second kappa shape index (κ2) is 7.96. The monoisotopic (exact) mass is 466 g/mol. The van der Waals surface area contributed by atoms with Crippen LogP contribution < -0.4 is 4.74 Å². The highest BCUT2D eigenvalue weighted by Crippen LogP contribution is 2.41. The van der Waals surface area contributed by atoms with Gasteiger partial charge in [0.05, 0.1) is 23.1 Å². The van der Waals surface area contributed by atoms with Crippen LogP contribution in [0, 0.1) is 6.92 Å². The van der Waals surface area contributed by atoms with E-state index in [1.165, 1.54) is 18.7 Å². The first-order valence-corrected chi connectivity index (χ1v) is 12.2. The number of fused-ring (bicyclic) bond motifs is 3. The van der Waals surface area contributed by atoms with Crippen LogP contribution in [0.15, 0.2) is 71.6 Å². The first-order valence-electron chi connectivity index (χ1n) is 10.4. The molecule has 0 amide bonds. The lowest BCUT2D eigenvalue weighted by atomic mass is 9.94. The Morgan fingerprint density at radius 3 is 2.53 bits per heavy atom. The van der Waals surface area contributed by atoms with Crippen molar-refractivity contribution in [3.63, 3.8) is 0 Å². The first-order chi connectivity index (χ1) is 15.4. The van der Waals surface area contributed by atoms with Crippen LogP contribution in [0.3, 0.4) is 0 Å². The Labute approximate surface area is 192 Å². The molecule has 0 spiro atoms. The molecule has 1 N–H and O–H groups in total. The maximum absolute atomic E-state index is 13.8. The van der Waals surface area contributed by atoms with Crippen molar-refractivity contribution in [2.45, 2.75) is 24.3 Å². The minimum atomic E-state index is -3.82. The summed E-state index contributed by atoms with van der Waals surface area (Å²) in [5, 5.41) is 1.41. The number of sulfonamides is 1. The highest BCUT2D eigenvalue weighted by Gasteiger charge is 2.39. The molecule has 0 aliphatic carbocycles. The van der Waals surface area contributed by atoms with Crippen LogP contribution in [0.2, 0.25) is 5.02 Å². The van der Waals surface area contributed by atoms with Gasteiger partial charge < -0.3 is 9.72 Å². The molecule has 2 heterocycles. The SMILES string of the molecule is COc1ccc(S(=O)(=O)N2CCc3c([nH]c4ccccc34)[C@H]2c2ccc(C)cc2)cc1Cl. The molecule has 164 valence electrons. The maximum Gasteiger partial charge on any atom is 0.244 e. The van der Waals surface area contributed by atoms with E-state index in [2.05, 4.69) is 11.1 Å².